The van der Waals surface area contributed by atoms with Crippen LogP contribution in [0.3, 0.4) is 0 Å². The Morgan fingerprint density at radius 1 is 0.865 bits per heavy atom. The molecule has 4 aromatic rings. The second-order valence-corrected chi connectivity index (χ2v) is 8.76. The third kappa shape index (κ3) is 8.02. The molecular formula is C30H23BrN2O4. The monoisotopic (exact) mass is 554 g/mol. The highest BCUT2D eigenvalue weighted by molar-refractivity contribution is 9.10. The summed E-state index contributed by atoms with van der Waals surface area (Å²) in [4.78, 5) is 24.8. The SMILES string of the molecule is O=C(/C=C/c1ccccc1)Oc1ccc(Br)cc1/C=N\NC(=O)c1ccc(OCc2ccccc2)cc1. The predicted molar refractivity (Wildman–Crippen MR) is 148 cm³/mol. The van der Waals surface area contributed by atoms with Crippen LogP contribution < -0.4 is 14.9 Å². The van der Waals surface area contributed by atoms with Crippen molar-refractivity contribution >= 4 is 40.1 Å². The number of amides is 1. The molecule has 6 nitrogen and oxygen atoms in total. The van der Waals surface area contributed by atoms with Crippen molar-refractivity contribution in [3.05, 3.63) is 136 Å². The molecule has 0 aliphatic rings. The van der Waals surface area contributed by atoms with Gasteiger partial charge in [0.15, 0.2) is 0 Å². The van der Waals surface area contributed by atoms with Crippen molar-refractivity contribution in [2.24, 2.45) is 5.10 Å². The number of hydrogen-bond acceptors (Lipinski definition) is 5. The van der Waals surface area contributed by atoms with Gasteiger partial charge in [-0.1, -0.05) is 76.6 Å². The Labute approximate surface area is 223 Å². The summed E-state index contributed by atoms with van der Waals surface area (Å²) in [7, 11) is 0. The van der Waals surface area contributed by atoms with Crippen molar-refractivity contribution in [1.29, 1.82) is 0 Å². The number of rotatable bonds is 9. The van der Waals surface area contributed by atoms with Gasteiger partial charge in [-0.15, -0.1) is 0 Å². The van der Waals surface area contributed by atoms with E-state index in [0.29, 0.717) is 29.2 Å². The number of hydrogen-bond donors (Lipinski definition) is 1. The van der Waals surface area contributed by atoms with Crippen LogP contribution in [0.5, 0.6) is 11.5 Å². The maximum Gasteiger partial charge on any atom is 0.336 e. The normalized spacial score (nSPS) is 10.9. The minimum absolute atomic E-state index is 0.309. The number of nitrogens with one attached hydrogen (secondary N) is 1. The molecule has 1 amide bonds. The largest absolute Gasteiger partial charge is 0.489 e. The van der Waals surface area contributed by atoms with Gasteiger partial charge in [0.25, 0.3) is 5.91 Å². The highest BCUT2D eigenvalue weighted by atomic mass is 79.9. The second kappa shape index (κ2) is 13.0. The molecule has 4 rings (SSSR count). The van der Waals surface area contributed by atoms with Crippen LogP contribution in [0.2, 0.25) is 0 Å². The maximum atomic E-state index is 12.5. The number of nitrogens with zero attached hydrogens (tertiary/aromatic N) is 1. The van der Waals surface area contributed by atoms with Gasteiger partial charge < -0.3 is 9.47 Å². The van der Waals surface area contributed by atoms with E-state index in [2.05, 4.69) is 26.5 Å². The standard InChI is InChI=1S/C30H23BrN2O4/c31-26-14-17-28(37-29(34)18-11-22-7-3-1-4-8-22)25(19-26)20-32-33-30(35)24-12-15-27(16-13-24)36-21-23-9-5-2-6-10-23/h1-20H,21H2,(H,33,35)/b18-11+,32-20-. The summed E-state index contributed by atoms with van der Waals surface area (Å²) in [5, 5.41) is 4.03. The first-order valence-corrected chi connectivity index (χ1v) is 12.2. The van der Waals surface area contributed by atoms with E-state index in [1.165, 1.54) is 12.3 Å². The average Bonchev–Trinajstić information content (AvgIpc) is 2.93. The third-order valence-corrected chi connectivity index (χ3v) is 5.62. The lowest BCUT2D eigenvalue weighted by atomic mass is 10.2. The molecule has 0 aromatic heterocycles. The Balaban J connectivity index is 1.34. The van der Waals surface area contributed by atoms with E-state index in [9.17, 15) is 9.59 Å². The highest BCUT2D eigenvalue weighted by Crippen LogP contribution is 2.22. The van der Waals surface area contributed by atoms with Crippen molar-refractivity contribution in [3.8, 4) is 11.5 Å². The molecule has 0 heterocycles. The lowest BCUT2D eigenvalue weighted by Gasteiger charge is -2.07. The van der Waals surface area contributed by atoms with Crippen LogP contribution in [0, 0.1) is 0 Å². The van der Waals surface area contributed by atoms with Gasteiger partial charge in [-0.25, -0.2) is 10.2 Å². The van der Waals surface area contributed by atoms with Gasteiger partial charge in [0.2, 0.25) is 0 Å². The first-order valence-electron chi connectivity index (χ1n) is 11.4. The second-order valence-electron chi connectivity index (χ2n) is 7.85. The summed E-state index contributed by atoms with van der Waals surface area (Å²) in [6.45, 7) is 0.443. The zero-order valence-electron chi connectivity index (χ0n) is 19.7. The van der Waals surface area contributed by atoms with Crippen LogP contribution >= 0.6 is 15.9 Å². The summed E-state index contributed by atoms with van der Waals surface area (Å²) >= 11 is 3.40. The number of carbonyl (C=O) groups excluding carboxylic acids is 2. The van der Waals surface area contributed by atoms with Crippen molar-refractivity contribution in [2.75, 3.05) is 0 Å². The zero-order chi connectivity index (χ0) is 25.9. The first-order chi connectivity index (χ1) is 18.1. The maximum absolute atomic E-state index is 12.5. The number of hydrazone groups is 1. The number of esters is 1. The zero-order valence-corrected chi connectivity index (χ0v) is 21.3. The first kappa shape index (κ1) is 25.6. The topological polar surface area (TPSA) is 77.0 Å². The molecule has 184 valence electrons. The molecule has 37 heavy (non-hydrogen) atoms. The van der Waals surface area contributed by atoms with Crippen LogP contribution in [0.25, 0.3) is 6.08 Å². The lowest BCUT2D eigenvalue weighted by Crippen LogP contribution is -2.17. The predicted octanol–water partition coefficient (Wildman–Crippen LogP) is 6.41. The summed E-state index contributed by atoms with van der Waals surface area (Å²) in [6, 6.07) is 31.2. The molecule has 0 aliphatic heterocycles. The summed E-state index contributed by atoms with van der Waals surface area (Å²) < 4.78 is 12.0. The number of carbonyl (C=O) groups is 2. The van der Waals surface area contributed by atoms with E-state index in [1.807, 2.05) is 60.7 Å². The van der Waals surface area contributed by atoms with Crippen molar-refractivity contribution in [3.63, 3.8) is 0 Å². The van der Waals surface area contributed by atoms with Gasteiger partial charge >= 0.3 is 5.97 Å². The Morgan fingerprint density at radius 3 is 2.30 bits per heavy atom. The fourth-order valence-corrected chi connectivity index (χ4v) is 3.63. The molecular weight excluding hydrogens is 532 g/mol. The molecule has 0 bridgehead atoms. The van der Waals surface area contributed by atoms with Gasteiger partial charge in [-0.3, -0.25) is 4.79 Å². The summed E-state index contributed by atoms with van der Waals surface area (Å²) in [6.07, 6.45) is 4.45. The minimum atomic E-state index is -0.528. The molecule has 0 fully saturated rings. The van der Waals surface area contributed by atoms with E-state index in [0.717, 1.165) is 15.6 Å². The molecule has 7 heteroatoms. The van der Waals surface area contributed by atoms with Crippen LogP contribution in [-0.2, 0) is 11.4 Å². The van der Waals surface area contributed by atoms with E-state index in [4.69, 9.17) is 9.47 Å². The van der Waals surface area contributed by atoms with Gasteiger partial charge in [0.05, 0.1) is 6.21 Å². The molecule has 0 aliphatic carbocycles. The van der Waals surface area contributed by atoms with Gasteiger partial charge in [-0.2, -0.15) is 5.10 Å². The molecule has 0 atom stereocenters. The van der Waals surface area contributed by atoms with E-state index >= 15 is 0 Å². The van der Waals surface area contributed by atoms with Gasteiger partial charge in [0.1, 0.15) is 18.1 Å². The Morgan fingerprint density at radius 2 is 1.57 bits per heavy atom. The molecule has 0 radical (unpaired) electrons. The van der Waals surface area contributed by atoms with Crippen LogP contribution in [0.1, 0.15) is 27.0 Å². The van der Waals surface area contributed by atoms with E-state index < -0.39 is 5.97 Å². The number of ether oxygens (including phenoxy) is 2. The third-order valence-electron chi connectivity index (χ3n) is 5.13. The lowest BCUT2D eigenvalue weighted by molar-refractivity contribution is -0.128. The molecule has 0 saturated heterocycles. The summed E-state index contributed by atoms with van der Waals surface area (Å²) in [5.41, 5.74) is 5.38. The number of benzene rings is 4. The Kier molecular flexibility index (Phi) is 8.99. The molecule has 1 N–H and O–H groups in total. The van der Waals surface area contributed by atoms with Crippen LogP contribution in [0.15, 0.2) is 119 Å². The highest BCUT2D eigenvalue weighted by Gasteiger charge is 2.08. The van der Waals surface area contributed by atoms with Crippen LogP contribution in [0.4, 0.5) is 0 Å². The Bertz CT molecular complexity index is 1400. The molecule has 0 unspecified atom stereocenters. The minimum Gasteiger partial charge on any atom is -0.489 e. The Hall–Kier alpha value is -4.49. The quantitative estimate of drug-likeness (QED) is 0.0852. The van der Waals surface area contributed by atoms with Crippen LogP contribution in [-0.4, -0.2) is 18.1 Å². The molecule has 0 spiro atoms. The van der Waals surface area contributed by atoms with Crippen molar-refractivity contribution in [1.82, 2.24) is 5.43 Å². The van der Waals surface area contributed by atoms with Crippen molar-refractivity contribution < 1.29 is 19.1 Å². The molecule has 0 saturated carbocycles. The fraction of sp³-hybridized carbons (Fsp3) is 0.0333. The fourth-order valence-electron chi connectivity index (χ4n) is 3.25. The van der Waals surface area contributed by atoms with Gasteiger partial charge in [0, 0.05) is 21.7 Å². The smallest absolute Gasteiger partial charge is 0.336 e. The average molecular weight is 555 g/mol. The van der Waals surface area contributed by atoms with Gasteiger partial charge in [-0.05, 0) is 59.7 Å². The van der Waals surface area contributed by atoms with E-state index in [-0.39, 0.29) is 5.91 Å². The summed E-state index contributed by atoms with van der Waals surface area (Å²) in [5.74, 6) is 0.0549. The van der Waals surface area contributed by atoms with E-state index in [1.54, 1.807) is 48.5 Å². The molecule has 4 aromatic carbocycles. The van der Waals surface area contributed by atoms with Crippen molar-refractivity contribution in [2.45, 2.75) is 6.61 Å². The number of halogens is 1.